The van der Waals surface area contributed by atoms with Crippen LogP contribution in [-0.4, -0.2) is 18.8 Å². The minimum Gasteiger partial charge on any atom is -0.497 e. The van der Waals surface area contributed by atoms with Crippen LogP contribution in [0.2, 0.25) is 0 Å². The van der Waals surface area contributed by atoms with E-state index in [0.717, 1.165) is 10.9 Å². The van der Waals surface area contributed by atoms with Gasteiger partial charge in [-0.3, -0.25) is 4.79 Å². The van der Waals surface area contributed by atoms with Gasteiger partial charge in [-0.05, 0) is 29.8 Å². The average molecular weight is 320 g/mol. The van der Waals surface area contributed by atoms with Crippen molar-refractivity contribution in [1.82, 2.24) is 4.57 Å². The normalized spacial score (nSPS) is 10.4. The van der Waals surface area contributed by atoms with Crippen LogP contribution >= 0.6 is 0 Å². The SMILES string of the molecule is COc1cc(OC)c2ccn(Cc3ccc(C#N)cc3)c(=O)c2c1. The number of hydrogen-bond donors (Lipinski definition) is 0. The van der Waals surface area contributed by atoms with Gasteiger partial charge in [0, 0.05) is 17.6 Å². The number of methoxy groups -OCH3 is 2. The molecule has 0 unspecified atom stereocenters. The lowest BCUT2D eigenvalue weighted by atomic mass is 10.1. The van der Waals surface area contributed by atoms with Gasteiger partial charge in [0.25, 0.3) is 5.56 Å². The van der Waals surface area contributed by atoms with Gasteiger partial charge in [-0.15, -0.1) is 0 Å². The van der Waals surface area contributed by atoms with Crippen LogP contribution in [0, 0.1) is 11.3 Å². The van der Waals surface area contributed by atoms with Gasteiger partial charge >= 0.3 is 0 Å². The van der Waals surface area contributed by atoms with Crippen molar-refractivity contribution < 1.29 is 9.47 Å². The fourth-order valence-corrected chi connectivity index (χ4v) is 2.63. The van der Waals surface area contributed by atoms with Crippen LogP contribution in [0.5, 0.6) is 11.5 Å². The molecule has 5 nitrogen and oxygen atoms in total. The van der Waals surface area contributed by atoms with Crippen molar-refractivity contribution in [1.29, 1.82) is 5.26 Å². The van der Waals surface area contributed by atoms with Gasteiger partial charge in [-0.25, -0.2) is 0 Å². The molecule has 2 aromatic carbocycles. The molecule has 0 atom stereocenters. The van der Waals surface area contributed by atoms with Gasteiger partial charge in [0.15, 0.2) is 0 Å². The van der Waals surface area contributed by atoms with Crippen molar-refractivity contribution in [2.75, 3.05) is 14.2 Å². The third-order valence-corrected chi connectivity index (χ3v) is 3.92. The molecule has 0 saturated carbocycles. The zero-order chi connectivity index (χ0) is 17.1. The topological polar surface area (TPSA) is 64.2 Å². The first-order chi connectivity index (χ1) is 11.7. The molecule has 3 aromatic rings. The van der Waals surface area contributed by atoms with E-state index in [-0.39, 0.29) is 5.56 Å². The van der Waals surface area contributed by atoms with Crippen LogP contribution in [-0.2, 0) is 6.54 Å². The predicted octanol–water partition coefficient (Wildman–Crippen LogP) is 2.94. The number of hydrogen-bond acceptors (Lipinski definition) is 4. The molecule has 24 heavy (non-hydrogen) atoms. The lowest BCUT2D eigenvalue weighted by Crippen LogP contribution is -2.20. The number of fused-ring (bicyclic) bond motifs is 1. The molecule has 0 aliphatic carbocycles. The third-order valence-electron chi connectivity index (χ3n) is 3.92. The summed E-state index contributed by atoms with van der Waals surface area (Å²) in [6.45, 7) is 0.431. The Balaban J connectivity index is 2.07. The maximum atomic E-state index is 12.8. The zero-order valence-corrected chi connectivity index (χ0v) is 13.4. The molecule has 0 fully saturated rings. The van der Waals surface area contributed by atoms with Crippen molar-refractivity contribution in [3.63, 3.8) is 0 Å². The lowest BCUT2D eigenvalue weighted by Gasteiger charge is -2.11. The molecule has 1 heterocycles. The van der Waals surface area contributed by atoms with Gasteiger partial charge in [-0.2, -0.15) is 5.26 Å². The maximum absolute atomic E-state index is 12.8. The van der Waals surface area contributed by atoms with Crippen LogP contribution < -0.4 is 15.0 Å². The van der Waals surface area contributed by atoms with Crippen molar-refractivity contribution in [2.45, 2.75) is 6.54 Å². The second kappa shape index (κ2) is 6.47. The Hall–Kier alpha value is -3.26. The number of rotatable bonds is 4. The number of nitriles is 1. The van der Waals surface area contributed by atoms with Gasteiger partial charge in [0.05, 0.1) is 37.8 Å². The minimum absolute atomic E-state index is 0.117. The first-order valence-corrected chi connectivity index (χ1v) is 7.40. The fourth-order valence-electron chi connectivity index (χ4n) is 2.63. The summed E-state index contributed by atoms with van der Waals surface area (Å²) in [7, 11) is 3.12. The molecule has 0 aliphatic heterocycles. The van der Waals surface area contributed by atoms with E-state index < -0.39 is 0 Å². The van der Waals surface area contributed by atoms with E-state index in [1.807, 2.05) is 18.2 Å². The molecule has 1 aromatic heterocycles. The van der Waals surface area contributed by atoms with Crippen LogP contribution in [0.25, 0.3) is 10.8 Å². The highest BCUT2D eigenvalue weighted by Gasteiger charge is 2.10. The van der Waals surface area contributed by atoms with Crippen molar-refractivity contribution in [2.24, 2.45) is 0 Å². The van der Waals surface area contributed by atoms with Gasteiger partial charge in [-0.1, -0.05) is 12.1 Å². The maximum Gasteiger partial charge on any atom is 0.259 e. The van der Waals surface area contributed by atoms with Crippen LogP contribution in [0.1, 0.15) is 11.1 Å². The molecule has 0 amide bonds. The van der Waals surface area contributed by atoms with Gasteiger partial charge in [0.1, 0.15) is 11.5 Å². The monoisotopic (exact) mass is 320 g/mol. The molecule has 0 bridgehead atoms. The molecule has 3 rings (SSSR count). The second-order valence-electron chi connectivity index (χ2n) is 5.35. The first kappa shape index (κ1) is 15.6. The standard InChI is InChI=1S/C19H16N2O3/c1-23-15-9-17-16(18(10-15)24-2)7-8-21(19(17)22)12-14-5-3-13(11-20)4-6-14/h3-10H,12H2,1-2H3. The Morgan fingerprint density at radius 1 is 1.04 bits per heavy atom. The highest BCUT2D eigenvalue weighted by molar-refractivity contribution is 5.89. The number of pyridine rings is 1. The van der Waals surface area contributed by atoms with Crippen LogP contribution in [0.15, 0.2) is 53.5 Å². The molecule has 0 spiro atoms. The summed E-state index contributed by atoms with van der Waals surface area (Å²) < 4.78 is 12.2. The molecule has 120 valence electrons. The number of benzene rings is 2. The second-order valence-corrected chi connectivity index (χ2v) is 5.35. The lowest BCUT2D eigenvalue weighted by molar-refractivity contribution is 0.398. The predicted molar refractivity (Wildman–Crippen MR) is 91.6 cm³/mol. The molecule has 0 saturated heterocycles. The Morgan fingerprint density at radius 3 is 2.42 bits per heavy atom. The van der Waals surface area contributed by atoms with Crippen molar-refractivity contribution in [3.8, 4) is 17.6 Å². The Kier molecular flexibility index (Phi) is 4.21. The fraction of sp³-hybridized carbons (Fsp3) is 0.158. The van der Waals surface area contributed by atoms with Gasteiger partial charge in [0.2, 0.25) is 0 Å². The van der Waals surface area contributed by atoms with Crippen LogP contribution in [0.4, 0.5) is 0 Å². The molecular weight excluding hydrogens is 304 g/mol. The number of nitrogens with zero attached hydrogens (tertiary/aromatic N) is 2. The minimum atomic E-state index is -0.117. The molecule has 0 aliphatic rings. The quantitative estimate of drug-likeness (QED) is 0.741. The molecular formula is C19H16N2O3. The first-order valence-electron chi connectivity index (χ1n) is 7.40. The smallest absolute Gasteiger partial charge is 0.259 e. The summed E-state index contributed by atoms with van der Waals surface area (Å²) in [6, 6.07) is 14.6. The largest absolute Gasteiger partial charge is 0.497 e. The third kappa shape index (κ3) is 2.82. The summed E-state index contributed by atoms with van der Waals surface area (Å²) in [5.74, 6) is 1.18. The molecule has 0 N–H and O–H groups in total. The Morgan fingerprint density at radius 2 is 1.79 bits per heavy atom. The van der Waals surface area contributed by atoms with E-state index in [0.29, 0.717) is 29.0 Å². The summed E-state index contributed by atoms with van der Waals surface area (Å²) in [5, 5.41) is 10.1. The van der Waals surface area contributed by atoms with Crippen molar-refractivity contribution >= 4 is 10.8 Å². The Labute approximate surface area is 139 Å². The summed E-state index contributed by atoms with van der Waals surface area (Å²) in [4.78, 5) is 12.8. The van der Waals surface area contributed by atoms with E-state index in [1.54, 1.807) is 49.2 Å². The van der Waals surface area contributed by atoms with Gasteiger partial charge < -0.3 is 14.0 Å². The number of ether oxygens (including phenoxy) is 2. The van der Waals surface area contributed by atoms with E-state index in [9.17, 15) is 4.79 Å². The summed E-state index contributed by atoms with van der Waals surface area (Å²) in [6.07, 6.45) is 1.75. The summed E-state index contributed by atoms with van der Waals surface area (Å²) in [5.41, 5.74) is 1.43. The highest BCUT2D eigenvalue weighted by Crippen LogP contribution is 2.29. The van der Waals surface area contributed by atoms with Crippen LogP contribution in [0.3, 0.4) is 0 Å². The van der Waals surface area contributed by atoms with Crippen molar-refractivity contribution in [3.05, 3.63) is 70.1 Å². The summed E-state index contributed by atoms with van der Waals surface area (Å²) >= 11 is 0. The van der Waals surface area contributed by atoms with E-state index in [1.165, 1.54) is 0 Å². The average Bonchev–Trinajstić information content (AvgIpc) is 2.63. The van der Waals surface area contributed by atoms with E-state index in [2.05, 4.69) is 6.07 Å². The van der Waals surface area contributed by atoms with E-state index in [4.69, 9.17) is 14.7 Å². The molecule has 5 heteroatoms. The Bertz CT molecular complexity index is 982. The van der Waals surface area contributed by atoms with E-state index >= 15 is 0 Å². The zero-order valence-electron chi connectivity index (χ0n) is 13.4. The molecule has 0 radical (unpaired) electrons. The highest BCUT2D eigenvalue weighted by atomic mass is 16.5. The number of aromatic nitrogens is 1.